The molecule has 0 radical (unpaired) electrons. The van der Waals surface area contributed by atoms with E-state index in [0.717, 1.165) is 32.0 Å². The molecule has 4 nitrogen and oxygen atoms in total. The smallest absolute Gasteiger partial charge is 0.237 e. The Bertz CT molecular complexity index is 291. The lowest BCUT2D eigenvalue weighted by Crippen LogP contribution is -2.51. The van der Waals surface area contributed by atoms with Crippen LogP contribution in [0.3, 0.4) is 0 Å². The van der Waals surface area contributed by atoms with Gasteiger partial charge >= 0.3 is 0 Å². The first-order chi connectivity index (χ1) is 9.20. The Hall–Kier alpha value is -0.0300. The van der Waals surface area contributed by atoms with E-state index in [1.165, 1.54) is 32.1 Å². The number of hydrogen-bond acceptors (Lipinski definition) is 3. The molecule has 1 saturated carbocycles. The van der Waals surface area contributed by atoms with Gasteiger partial charge in [0.1, 0.15) is 0 Å². The van der Waals surface area contributed by atoms with Crippen molar-refractivity contribution in [1.29, 1.82) is 0 Å². The topological polar surface area (TPSA) is 58.4 Å². The van der Waals surface area contributed by atoms with Gasteiger partial charge < -0.3 is 16.0 Å². The molecule has 1 aliphatic carbocycles. The second kappa shape index (κ2) is 10.7. The van der Waals surface area contributed by atoms with Crippen LogP contribution in [-0.4, -0.2) is 42.0 Å². The average Bonchev–Trinajstić information content (AvgIpc) is 2.48. The molecule has 1 atom stereocenters. The van der Waals surface area contributed by atoms with Gasteiger partial charge in [0.2, 0.25) is 5.91 Å². The summed E-state index contributed by atoms with van der Waals surface area (Å²) in [5, 5.41) is 3.10. The van der Waals surface area contributed by atoms with E-state index in [4.69, 9.17) is 5.73 Å². The number of hydrogen-bond donors (Lipinski definition) is 2. The zero-order chi connectivity index (χ0) is 13.7. The van der Waals surface area contributed by atoms with Crippen molar-refractivity contribution < 1.29 is 4.79 Å². The SMILES string of the molecule is CC[C@H](N)C(=O)NC1CCN(C2CCCCC2)CC1.Cl.Cl. The third kappa shape index (κ3) is 6.31. The van der Waals surface area contributed by atoms with E-state index in [1.54, 1.807) is 0 Å². The number of likely N-dealkylation sites (tertiary alicyclic amines) is 1. The van der Waals surface area contributed by atoms with Crippen molar-refractivity contribution in [3.05, 3.63) is 0 Å². The van der Waals surface area contributed by atoms with Crippen LogP contribution < -0.4 is 11.1 Å². The summed E-state index contributed by atoms with van der Waals surface area (Å²) in [6, 6.07) is 0.810. The first kappa shape index (κ1) is 21.0. The number of nitrogens with zero attached hydrogens (tertiary/aromatic N) is 1. The zero-order valence-electron chi connectivity index (χ0n) is 13.1. The van der Waals surface area contributed by atoms with Crippen molar-refractivity contribution in [3.8, 4) is 0 Å². The maximum Gasteiger partial charge on any atom is 0.237 e. The third-order valence-corrected chi connectivity index (χ3v) is 4.74. The van der Waals surface area contributed by atoms with E-state index in [1.807, 2.05) is 6.92 Å². The van der Waals surface area contributed by atoms with Gasteiger partial charge in [-0.05, 0) is 32.1 Å². The monoisotopic (exact) mass is 339 g/mol. The molecule has 1 saturated heterocycles. The number of halogens is 2. The summed E-state index contributed by atoms with van der Waals surface area (Å²) in [4.78, 5) is 14.4. The molecule has 1 amide bonds. The quantitative estimate of drug-likeness (QED) is 0.827. The van der Waals surface area contributed by atoms with Gasteiger partial charge in [-0.15, -0.1) is 24.8 Å². The van der Waals surface area contributed by atoms with Gasteiger partial charge in [-0.1, -0.05) is 26.2 Å². The summed E-state index contributed by atoms with van der Waals surface area (Å²) in [7, 11) is 0. The molecule has 1 aliphatic heterocycles. The van der Waals surface area contributed by atoms with Gasteiger partial charge in [0.25, 0.3) is 0 Å². The number of nitrogens with one attached hydrogen (secondary N) is 1. The van der Waals surface area contributed by atoms with Gasteiger partial charge in [0.15, 0.2) is 0 Å². The van der Waals surface area contributed by atoms with E-state index in [-0.39, 0.29) is 36.8 Å². The highest BCUT2D eigenvalue weighted by Gasteiger charge is 2.27. The lowest BCUT2D eigenvalue weighted by atomic mass is 9.92. The van der Waals surface area contributed by atoms with Gasteiger partial charge in [0.05, 0.1) is 6.04 Å². The summed E-state index contributed by atoms with van der Waals surface area (Å²) in [5.74, 6) is 0.0265. The molecular formula is C15H31Cl2N3O. The molecule has 21 heavy (non-hydrogen) atoms. The normalized spacial score (nSPS) is 22.8. The van der Waals surface area contributed by atoms with Gasteiger partial charge in [-0.25, -0.2) is 0 Å². The molecule has 2 aliphatic rings. The van der Waals surface area contributed by atoms with E-state index in [9.17, 15) is 4.79 Å². The second-order valence-electron chi connectivity index (χ2n) is 6.13. The molecular weight excluding hydrogens is 309 g/mol. The Kier molecular flexibility index (Phi) is 10.6. The lowest BCUT2D eigenvalue weighted by Gasteiger charge is -2.39. The van der Waals surface area contributed by atoms with E-state index in [0.29, 0.717) is 12.5 Å². The number of carbonyl (C=O) groups excluding carboxylic acids is 1. The van der Waals surface area contributed by atoms with Crippen molar-refractivity contribution >= 4 is 30.7 Å². The van der Waals surface area contributed by atoms with Crippen molar-refractivity contribution in [2.24, 2.45) is 5.73 Å². The Morgan fingerprint density at radius 2 is 1.71 bits per heavy atom. The zero-order valence-corrected chi connectivity index (χ0v) is 14.7. The van der Waals surface area contributed by atoms with Crippen molar-refractivity contribution in [2.75, 3.05) is 13.1 Å². The molecule has 2 rings (SSSR count). The predicted octanol–water partition coefficient (Wildman–Crippen LogP) is 2.48. The predicted molar refractivity (Wildman–Crippen MR) is 92.4 cm³/mol. The van der Waals surface area contributed by atoms with Crippen LogP contribution in [0.25, 0.3) is 0 Å². The average molecular weight is 340 g/mol. The highest BCUT2D eigenvalue weighted by atomic mass is 35.5. The third-order valence-electron chi connectivity index (χ3n) is 4.74. The maximum atomic E-state index is 11.8. The number of carbonyl (C=O) groups is 1. The van der Waals surface area contributed by atoms with Crippen LogP contribution in [0.4, 0.5) is 0 Å². The second-order valence-corrected chi connectivity index (χ2v) is 6.13. The lowest BCUT2D eigenvalue weighted by molar-refractivity contribution is -0.123. The van der Waals surface area contributed by atoms with Crippen molar-refractivity contribution in [3.63, 3.8) is 0 Å². The van der Waals surface area contributed by atoms with Crippen LogP contribution in [0, 0.1) is 0 Å². The fourth-order valence-corrected chi connectivity index (χ4v) is 3.35. The molecule has 0 spiro atoms. The van der Waals surface area contributed by atoms with Gasteiger partial charge in [-0.3, -0.25) is 4.79 Å². The molecule has 0 bridgehead atoms. The minimum absolute atomic E-state index is 0. The highest BCUT2D eigenvalue weighted by Crippen LogP contribution is 2.25. The standard InChI is InChI=1S/C15H29N3O.2ClH/c1-2-14(16)15(19)17-12-8-10-18(11-9-12)13-6-4-3-5-7-13;;/h12-14H,2-11,16H2,1H3,(H,17,19);2*1H/t14-;;/m0../s1. The highest BCUT2D eigenvalue weighted by molar-refractivity contribution is 5.85. The summed E-state index contributed by atoms with van der Waals surface area (Å²) in [5.41, 5.74) is 5.76. The molecule has 1 heterocycles. The number of amides is 1. The maximum absolute atomic E-state index is 11.8. The summed E-state index contributed by atoms with van der Waals surface area (Å²) in [6.45, 7) is 4.23. The summed E-state index contributed by atoms with van der Waals surface area (Å²) in [6.07, 6.45) is 9.83. The first-order valence-corrected chi connectivity index (χ1v) is 8.00. The van der Waals surface area contributed by atoms with E-state index >= 15 is 0 Å². The fourth-order valence-electron chi connectivity index (χ4n) is 3.35. The summed E-state index contributed by atoms with van der Waals surface area (Å²) >= 11 is 0. The first-order valence-electron chi connectivity index (χ1n) is 8.00. The fraction of sp³-hybridized carbons (Fsp3) is 0.933. The Balaban J connectivity index is 0.00000200. The van der Waals surface area contributed by atoms with Crippen LogP contribution in [0.2, 0.25) is 0 Å². The molecule has 0 aromatic carbocycles. The van der Waals surface area contributed by atoms with E-state index < -0.39 is 0 Å². The van der Waals surface area contributed by atoms with Crippen LogP contribution in [-0.2, 0) is 4.79 Å². The molecule has 0 aromatic heterocycles. The van der Waals surface area contributed by atoms with Gasteiger partial charge in [0, 0.05) is 25.2 Å². The van der Waals surface area contributed by atoms with E-state index in [2.05, 4.69) is 10.2 Å². The van der Waals surface area contributed by atoms with Crippen LogP contribution in [0.15, 0.2) is 0 Å². The largest absolute Gasteiger partial charge is 0.352 e. The van der Waals surface area contributed by atoms with Crippen LogP contribution in [0.1, 0.15) is 58.3 Å². The van der Waals surface area contributed by atoms with Crippen molar-refractivity contribution in [2.45, 2.75) is 76.4 Å². The minimum atomic E-state index is -0.337. The Morgan fingerprint density at radius 1 is 1.14 bits per heavy atom. The Labute approximate surface area is 141 Å². The number of piperidine rings is 1. The molecule has 0 unspecified atom stereocenters. The number of rotatable bonds is 4. The Morgan fingerprint density at radius 3 is 2.24 bits per heavy atom. The molecule has 126 valence electrons. The molecule has 6 heteroatoms. The van der Waals surface area contributed by atoms with Crippen molar-refractivity contribution in [1.82, 2.24) is 10.2 Å². The molecule has 2 fully saturated rings. The molecule has 3 N–H and O–H groups in total. The van der Waals surface area contributed by atoms with Gasteiger partial charge in [-0.2, -0.15) is 0 Å². The van der Waals surface area contributed by atoms with Crippen LogP contribution >= 0.6 is 24.8 Å². The molecule has 0 aromatic rings. The van der Waals surface area contributed by atoms with Crippen LogP contribution in [0.5, 0.6) is 0 Å². The number of nitrogens with two attached hydrogens (primary N) is 1. The summed E-state index contributed by atoms with van der Waals surface area (Å²) < 4.78 is 0. The minimum Gasteiger partial charge on any atom is -0.352 e.